The second kappa shape index (κ2) is 9.31. The SMILES string of the molecule is CCC(=O)N(C)c1ccc(-c2ccc(C(=O)CCc3ccc(N)nc3)nc2)c(C)c1. The number of ketones is 1. The third-order valence-electron chi connectivity index (χ3n) is 5.12. The number of aryl methyl sites for hydroxylation is 2. The molecule has 0 aliphatic heterocycles. The lowest BCUT2D eigenvalue weighted by Gasteiger charge is -2.18. The number of hydrogen-bond donors (Lipinski definition) is 1. The molecule has 30 heavy (non-hydrogen) atoms. The lowest BCUT2D eigenvalue weighted by molar-refractivity contribution is -0.118. The molecule has 6 heteroatoms. The van der Waals surface area contributed by atoms with E-state index in [9.17, 15) is 9.59 Å². The van der Waals surface area contributed by atoms with Crippen LogP contribution in [-0.4, -0.2) is 28.7 Å². The third kappa shape index (κ3) is 4.89. The molecule has 0 bridgehead atoms. The highest BCUT2D eigenvalue weighted by atomic mass is 16.2. The number of amides is 1. The first-order valence-electron chi connectivity index (χ1n) is 9.96. The summed E-state index contributed by atoms with van der Waals surface area (Å²) in [5.74, 6) is 0.529. The third-order valence-corrected chi connectivity index (χ3v) is 5.12. The van der Waals surface area contributed by atoms with Gasteiger partial charge in [0.25, 0.3) is 0 Å². The van der Waals surface area contributed by atoms with Crippen molar-refractivity contribution in [2.75, 3.05) is 17.7 Å². The Labute approximate surface area is 176 Å². The molecular weight excluding hydrogens is 376 g/mol. The zero-order valence-corrected chi connectivity index (χ0v) is 17.6. The lowest BCUT2D eigenvalue weighted by Crippen LogP contribution is -2.25. The van der Waals surface area contributed by atoms with Crippen molar-refractivity contribution in [2.45, 2.75) is 33.1 Å². The molecule has 0 aliphatic carbocycles. The molecule has 2 aromatic heterocycles. The molecule has 1 amide bonds. The molecule has 154 valence electrons. The summed E-state index contributed by atoms with van der Waals surface area (Å²) in [5, 5.41) is 0. The van der Waals surface area contributed by atoms with Crippen LogP contribution in [0.3, 0.4) is 0 Å². The van der Waals surface area contributed by atoms with E-state index in [4.69, 9.17) is 5.73 Å². The van der Waals surface area contributed by atoms with Gasteiger partial charge in [-0.3, -0.25) is 14.6 Å². The number of hydrogen-bond acceptors (Lipinski definition) is 5. The summed E-state index contributed by atoms with van der Waals surface area (Å²) in [6.07, 6.45) is 4.84. The van der Waals surface area contributed by atoms with Gasteiger partial charge in [0, 0.05) is 43.5 Å². The predicted molar refractivity (Wildman–Crippen MR) is 119 cm³/mol. The molecule has 1 aromatic carbocycles. The molecule has 0 atom stereocenters. The minimum atomic E-state index is -0.00912. The quantitative estimate of drug-likeness (QED) is 0.598. The molecule has 0 aliphatic rings. The summed E-state index contributed by atoms with van der Waals surface area (Å²) in [5.41, 5.74) is 10.9. The number of rotatable bonds is 7. The highest BCUT2D eigenvalue weighted by Crippen LogP contribution is 2.27. The average molecular weight is 402 g/mol. The monoisotopic (exact) mass is 402 g/mol. The molecule has 3 rings (SSSR count). The first-order valence-corrected chi connectivity index (χ1v) is 9.96. The van der Waals surface area contributed by atoms with Crippen LogP contribution in [-0.2, 0) is 11.2 Å². The molecule has 0 saturated heterocycles. The number of benzene rings is 1. The van der Waals surface area contributed by atoms with Crippen molar-refractivity contribution in [3.8, 4) is 11.1 Å². The van der Waals surface area contributed by atoms with E-state index in [0.29, 0.717) is 30.8 Å². The summed E-state index contributed by atoms with van der Waals surface area (Å²) < 4.78 is 0. The normalized spacial score (nSPS) is 10.6. The van der Waals surface area contributed by atoms with Crippen molar-refractivity contribution < 1.29 is 9.59 Å². The number of Topliss-reactive ketones (excluding diaryl/α,β-unsaturated/α-hetero) is 1. The van der Waals surface area contributed by atoms with Crippen molar-refractivity contribution in [3.63, 3.8) is 0 Å². The molecular formula is C24H26N4O2. The van der Waals surface area contributed by atoms with Crippen LogP contribution in [0.15, 0.2) is 54.9 Å². The minimum Gasteiger partial charge on any atom is -0.384 e. The van der Waals surface area contributed by atoms with Gasteiger partial charge in [0.05, 0.1) is 0 Å². The molecule has 6 nitrogen and oxygen atoms in total. The largest absolute Gasteiger partial charge is 0.384 e. The molecule has 0 fully saturated rings. The van der Waals surface area contributed by atoms with Crippen LogP contribution >= 0.6 is 0 Å². The van der Waals surface area contributed by atoms with Gasteiger partial charge < -0.3 is 10.6 Å². The van der Waals surface area contributed by atoms with Gasteiger partial charge in [-0.05, 0) is 54.3 Å². The number of anilines is 2. The Morgan fingerprint density at radius 1 is 1.03 bits per heavy atom. The maximum Gasteiger partial charge on any atom is 0.226 e. The van der Waals surface area contributed by atoms with E-state index in [1.807, 2.05) is 44.2 Å². The average Bonchev–Trinajstić information content (AvgIpc) is 2.77. The van der Waals surface area contributed by atoms with Crippen LogP contribution < -0.4 is 10.6 Å². The van der Waals surface area contributed by atoms with Gasteiger partial charge >= 0.3 is 0 Å². The maximum absolute atomic E-state index is 12.5. The van der Waals surface area contributed by atoms with Gasteiger partial charge in [-0.1, -0.05) is 25.1 Å². The molecule has 0 radical (unpaired) electrons. The van der Waals surface area contributed by atoms with Gasteiger partial charge in [-0.25, -0.2) is 4.98 Å². The number of pyridine rings is 2. The van der Waals surface area contributed by atoms with E-state index in [0.717, 1.165) is 27.9 Å². The van der Waals surface area contributed by atoms with E-state index in [1.54, 1.807) is 36.5 Å². The fraction of sp³-hybridized carbons (Fsp3) is 0.250. The standard InChI is InChI=1S/C24H26N4O2/c1-4-24(30)28(3)19-8-9-20(16(2)13-19)18-7-10-21(26-15-18)22(29)11-5-17-6-12-23(25)27-14-17/h6-10,12-15H,4-5,11H2,1-3H3,(H2,25,27). The van der Waals surface area contributed by atoms with Crippen molar-refractivity contribution >= 4 is 23.2 Å². The predicted octanol–water partition coefficient (Wildman–Crippen LogP) is 4.22. The van der Waals surface area contributed by atoms with E-state index in [1.165, 1.54) is 0 Å². The van der Waals surface area contributed by atoms with E-state index in [2.05, 4.69) is 9.97 Å². The fourth-order valence-corrected chi connectivity index (χ4v) is 3.25. The second-order valence-corrected chi connectivity index (χ2v) is 7.25. The number of nitrogens with zero attached hydrogens (tertiary/aromatic N) is 3. The van der Waals surface area contributed by atoms with Crippen LogP contribution in [0.2, 0.25) is 0 Å². The van der Waals surface area contributed by atoms with Crippen LogP contribution in [0.25, 0.3) is 11.1 Å². The summed E-state index contributed by atoms with van der Waals surface area (Å²) in [6, 6.07) is 13.2. The Balaban J connectivity index is 1.69. The Bertz CT molecular complexity index is 1040. The fourth-order valence-electron chi connectivity index (χ4n) is 3.25. The number of carbonyl (C=O) groups is 2. The molecule has 0 saturated carbocycles. The highest BCUT2D eigenvalue weighted by molar-refractivity contribution is 5.95. The Hall–Kier alpha value is -3.54. The minimum absolute atomic E-state index is 0.00912. The zero-order valence-electron chi connectivity index (χ0n) is 17.6. The van der Waals surface area contributed by atoms with E-state index in [-0.39, 0.29) is 11.7 Å². The Kier molecular flexibility index (Phi) is 6.57. The van der Waals surface area contributed by atoms with Crippen LogP contribution in [0.1, 0.15) is 41.4 Å². The van der Waals surface area contributed by atoms with Crippen LogP contribution in [0, 0.1) is 6.92 Å². The second-order valence-electron chi connectivity index (χ2n) is 7.25. The van der Waals surface area contributed by atoms with Crippen molar-refractivity contribution in [1.29, 1.82) is 0 Å². The summed E-state index contributed by atoms with van der Waals surface area (Å²) in [4.78, 5) is 34.5. The van der Waals surface area contributed by atoms with E-state index >= 15 is 0 Å². The van der Waals surface area contributed by atoms with Gasteiger partial charge in [-0.2, -0.15) is 0 Å². The number of aromatic nitrogens is 2. The lowest BCUT2D eigenvalue weighted by atomic mass is 10.00. The molecule has 3 aromatic rings. The van der Waals surface area contributed by atoms with Gasteiger partial charge in [0.2, 0.25) is 5.91 Å². The zero-order chi connectivity index (χ0) is 21.7. The number of carbonyl (C=O) groups excluding carboxylic acids is 2. The maximum atomic E-state index is 12.5. The van der Waals surface area contributed by atoms with Crippen molar-refractivity contribution in [2.24, 2.45) is 0 Å². The molecule has 2 heterocycles. The highest BCUT2D eigenvalue weighted by Gasteiger charge is 2.12. The number of nitrogen functional groups attached to an aromatic ring is 1. The Morgan fingerprint density at radius 2 is 1.83 bits per heavy atom. The van der Waals surface area contributed by atoms with Gasteiger partial charge in [0.15, 0.2) is 5.78 Å². The van der Waals surface area contributed by atoms with Crippen molar-refractivity contribution in [3.05, 3.63) is 71.7 Å². The van der Waals surface area contributed by atoms with Crippen molar-refractivity contribution in [1.82, 2.24) is 9.97 Å². The van der Waals surface area contributed by atoms with Gasteiger partial charge in [-0.15, -0.1) is 0 Å². The van der Waals surface area contributed by atoms with Crippen LogP contribution in [0.4, 0.5) is 11.5 Å². The number of nitrogens with two attached hydrogens (primary N) is 1. The molecule has 2 N–H and O–H groups in total. The summed E-state index contributed by atoms with van der Waals surface area (Å²) in [6.45, 7) is 3.85. The smallest absolute Gasteiger partial charge is 0.226 e. The Morgan fingerprint density at radius 3 is 2.43 bits per heavy atom. The molecule has 0 spiro atoms. The topological polar surface area (TPSA) is 89.2 Å². The van der Waals surface area contributed by atoms with Crippen LogP contribution in [0.5, 0.6) is 0 Å². The molecule has 0 unspecified atom stereocenters. The summed E-state index contributed by atoms with van der Waals surface area (Å²) >= 11 is 0. The first kappa shape index (κ1) is 21.2. The first-order chi connectivity index (χ1) is 14.4. The van der Waals surface area contributed by atoms with E-state index < -0.39 is 0 Å². The summed E-state index contributed by atoms with van der Waals surface area (Å²) in [7, 11) is 1.78. The van der Waals surface area contributed by atoms with Gasteiger partial charge in [0.1, 0.15) is 11.5 Å².